The molecule has 1 aliphatic rings. The van der Waals surface area contributed by atoms with Gasteiger partial charge in [0, 0.05) is 18.4 Å². The largest absolute Gasteiger partial charge is 0.348 e. The highest BCUT2D eigenvalue weighted by atomic mass is 19.1. The van der Waals surface area contributed by atoms with Crippen LogP contribution in [0.3, 0.4) is 0 Å². The monoisotopic (exact) mass is 381 g/mol. The van der Waals surface area contributed by atoms with E-state index in [9.17, 15) is 9.18 Å². The molecule has 7 heteroatoms. The van der Waals surface area contributed by atoms with E-state index in [1.165, 1.54) is 25.0 Å². The van der Waals surface area contributed by atoms with Gasteiger partial charge in [0.25, 0.3) is 5.91 Å². The molecule has 1 aromatic carbocycles. The molecule has 0 atom stereocenters. The normalized spacial score (nSPS) is 15.3. The number of nitrogens with zero attached hydrogens (tertiary/aromatic N) is 4. The van der Waals surface area contributed by atoms with Gasteiger partial charge in [-0.2, -0.15) is 0 Å². The molecule has 1 amide bonds. The molecule has 0 radical (unpaired) electrons. The molecule has 4 rings (SSSR count). The maximum atomic E-state index is 13.6. The van der Waals surface area contributed by atoms with E-state index >= 15 is 0 Å². The Kier molecular flexibility index (Phi) is 5.50. The van der Waals surface area contributed by atoms with Crippen LogP contribution in [0.25, 0.3) is 5.82 Å². The van der Waals surface area contributed by atoms with Crippen molar-refractivity contribution in [3.63, 3.8) is 0 Å². The van der Waals surface area contributed by atoms with Crippen molar-refractivity contribution in [2.45, 2.75) is 51.1 Å². The highest BCUT2D eigenvalue weighted by Gasteiger charge is 2.24. The fraction of sp³-hybridized carbons (Fsp3) is 0.381. The maximum absolute atomic E-state index is 13.6. The Bertz CT molecular complexity index is 926. The molecular weight excluding hydrogens is 357 g/mol. The summed E-state index contributed by atoms with van der Waals surface area (Å²) < 4.78 is 17.0. The summed E-state index contributed by atoms with van der Waals surface area (Å²) in [6.45, 7) is 0.328. The molecule has 0 bridgehead atoms. The smallest absolute Gasteiger partial charge is 0.275 e. The van der Waals surface area contributed by atoms with Crippen molar-refractivity contribution >= 4 is 5.91 Å². The minimum absolute atomic E-state index is 0.181. The van der Waals surface area contributed by atoms with Gasteiger partial charge in [0.1, 0.15) is 5.82 Å². The highest BCUT2D eigenvalue weighted by molar-refractivity contribution is 5.95. The fourth-order valence-corrected chi connectivity index (χ4v) is 3.78. The van der Waals surface area contributed by atoms with E-state index in [1.807, 2.05) is 35.2 Å². The molecule has 1 saturated carbocycles. The lowest BCUT2D eigenvalue weighted by Gasteiger charge is -2.16. The molecule has 2 heterocycles. The Morgan fingerprint density at radius 1 is 1.11 bits per heavy atom. The van der Waals surface area contributed by atoms with Crippen molar-refractivity contribution in [1.82, 2.24) is 24.9 Å². The first-order valence-corrected chi connectivity index (χ1v) is 9.83. The molecule has 1 N–H and O–H groups in total. The van der Waals surface area contributed by atoms with E-state index in [4.69, 9.17) is 0 Å². The van der Waals surface area contributed by atoms with Crippen LogP contribution >= 0.6 is 0 Å². The minimum Gasteiger partial charge on any atom is -0.348 e. The van der Waals surface area contributed by atoms with Gasteiger partial charge in [-0.3, -0.25) is 4.79 Å². The topological polar surface area (TPSA) is 64.7 Å². The lowest BCUT2D eigenvalue weighted by Crippen LogP contribution is -2.35. The summed E-state index contributed by atoms with van der Waals surface area (Å²) in [5.74, 6) is 0.0768. The lowest BCUT2D eigenvalue weighted by atomic mass is 10.1. The number of nitrogens with one attached hydrogen (secondary N) is 1. The van der Waals surface area contributed by atoms with Crippen molar-refractivity contribution in [3.05, 3.63) is 65.9 Å². The zero-order chi connectivity index (χ0) is 19.3. The Morgan fingerprint density at radius 2 is 1.86 bits per heavy atom. The SMILES string of the molecule is O=C(NC1CCCCCC1)c1nnn(Cc2cccc(F)c2)c1-n1cccc1. The first-order chi connectivity index (χ1) is 13.7. The van der Waals surface area contributed by atoms with Gasteiger partial charge in [-0.05, 0) is 42.7 Å². The highest BCUT2D eigenvalue weighted by Crippen LogP contribution is 2.19. The molecule has 2 aromatic heterocycles. The molecule has 146 valence electrons. The van der Waals surface area contributed by atoms with Crippen LogP contribution in [-0.4, -0.2) is 31.5 Å². The number of carbonyl (C=O) groups excluding carboxylic acids is 1. The second kappa shape index (κ2) is 8.37. The summed E-state index contributed by atoms with van der Waals surface area (Å²) in [6, 6.07) is 10.3. The molecule has 0 spiro atoms. The van der Waals surface area contributed by atoms with Gasteiger partial charge in [0.05, 0.1) is 6.54 Å². The molecule has 28 heavy (non-hydrogen) atoms. The van der Waals surface area contributed by atoms with Gasteiger partial charge in [-0.15, -0.1) is 5.10 Å². The Balaban J connectivity index is 1.62. The van der Waals surface area contributed by atoms with E-state index < -0.39 is 0 Å². The third-order valence-electron chi connectivity index (χ3n) is 5.18. The van der Waals surface area contributed by atoms with E-state index in [-0.39, 0.29) is 23.5 Å². The number of carbonyl (C=O) groups is 1. The zero-order valence-corrected chi connectivity index (χ0v) is 15.7. The van der Waals surface area contributed by atoms with Crippen LogP contribution in [0.4, 0.5) is 4.39 Å². The van der Waals surface area contributed by atoms with Crippen molar-refractivity contribution < 1.29 is 9.18 Å². The first-order valence-electron chi connectivity index (χ1n) is 9.83. The van der Waals surface area contributed by atoms with Gasteiger partial charge < -0.3 is 9.88 Å². The molecule has 0 unspecified atom stereocenters. The molecule has 0 aliphatic heterocycles. The average Bonchev–Trinajstić information content (AvgIpc) is 3.27. The standard InChI is InChI=1S/C21H24FN5O/c22-17-9-7-8-16(14-17)15-27-21(26-12-5-6-13-26)19(24-25-27)20(28)23-18-10-3-1-2-4-11-18/h5-9,12-14,18H,1-4,10-11,15H2,(H,23,28). The van der Waals surface area contributed by atoms with Gasteiger partial charge in [-0.1, -0.05) is 43.0 Å². The van der Waals surface area contributed by atoms with Crippen molar-refractivity contribution in [3.8, 4) is 5.82 Å². The van der Waals surface area contributed by atoms with Gasteiger partial charge in [0.15, 0.2) is 11.5 Å². The number of aromatic nitrogens is 4. The van der Waals surface area contributed by atoms with Crippen molar-refractivity contribution in [2.75, 3.05) is 0 Å². The summed E-state index contributed by atoms with van der Waals surface area (Å²) >= 11 is 0. The van der Waals surface area contributed by atoms with Crippen molar-refractivity contribution in [2.24, 2.45) is 0 Å². The fourth-order valence-electron chi connectivity index (χ4n) is 3.78. The number of hydrogen-bond acceptors (Lipinski definition) is 3. The average molecular weight is 381 g/mol. The van der Waals surface area contributed by atoms with Crippen LogP contribution in [0, 0.1) is 5.82 Å². The molecule has 1 aliphatic carbocycles. The number of hydrogen-bond donors (Lipinski definition) is 1. The summed E-state index contributed by atoms with van der Waals surface area (Å²) in [4.78, 5) is 13.0. The van der Waals surface area contributed by atoms with Crippen LogP contribution in [-0.2, 0) is 6.54 Å². The molecule has 1 fully saturated rings. The molecular formula is C21H24FN5O. The summed E-state index contributed by atoms with van der Waals surface area (Å²) in [7, 11) is 0. The number of halogens is 1. The quantitative estimate of drug-likeness (QED) is 0.685. The van der Waals surface area contributed by atoms with E-state index in [2.05, 4.69) is 15.6 Å². The number of rotatable bonds is 5. The minimum atomic E-state index is -0.300. The van der Waals surface area contributed by atoms with E-state index in [0.29, 0.717) is 12.4 Å². The second-order valence-corrected chi connectivity index (χ2v) is 7.30. The van der Waals surface area contributed by atoms with Gasteiger partial charge >= 0.3 is 0 Å². The molecule has 3 aromatic rings. The molecule has 0 saturated heterocycles. The zero-order valence-electron chi connectivity index (χ0n) is 15.7. The summed E-state index contributed by atoms with van der Waals surface area (Å²) in [5, 5.41) is 11.5. The van der Waals surface area contributed by atoms with Crippen LogP contribution < -0.4 is 5.32 Å². The van der Waals surface area contributed by atoms with Crippen LogP contribution in [0.2, 0.25) is 0 Å². The van der Waals surface area contributed by atoms with Crippen molar-refractivity contribution in [1.29, 1.82) is 0 Å². The Morgan fingerprint density at radius 3 is 2.57 bits per heavy atom. The lowest BCUT2D eigenvalue weighted by molar-refractivity contribution is 0.0928. The van der Waals surface area contributed by atoms with Gasteiger partial charge in [0.2, 0.25) is 0 Å². The van der Waals surface area contributed by atoms with E-state index in [1.54, 1.807) is 10.7 Å². The second-order valence-electron chi connectivity index (χ2n) is 7.30. The Hall–Kier alpha value is -2.96. The number of amides is 1. The van der Waals surface area contributed by atoms with E-state index in [0.717, 1.165) is 31.2 Å². The third-order valence-corrected chi connectivity index (χ3v) is 5.18. The van der Waals surface area contributed by atoms with Crippen LogP contribution in [0.1, 0.15) is 54.6 Å². The van der Waals surface area contributed by atoms with Crippen LogP contribution in [0.15, 0.2) is 48.8 Å². The van der Waals surface area contributed by atoms with Crippen LogP contribution in [0.5, 0.6) is 0 Å². The summed E-state index contributed by atoms with van der Waals surface area (Å²) in [6.07, 6.45) is 10.4. The summed E-state index contributed by atoms with van der Waals surface area (Å²) in [5.41, 5.74) is 1.05. The number of benzene rings is 1. The Labute approximate surface area is 163 Å². The molecule has 6 nitrogen and oxygen atoms in total. The van der Waals surface area contributed by atoms with Gasteiger partial charge in [-0.25, -0.2) is 9.07 Å². The predicted molar refractivity (Wildman–Crippen MR) is 104 cm³/mol. The third kappa shape index (κ3) is 4.13. The first kappa shape index (κ1) is 18.4. The maximum Gasteiger partial charge on any atom is 0.275 e. The predicted octanol–water partition coefficient (Wildman–Crippen LogP) is 3.71.